The number of primary amides is 1. The second-order valence-electron chi connectivity index (χ2n) is 8.48. The molecule has 3 N–H and O–H groups in total. The minimum absolute atomic E-state index is 0.120. The third-order valence-corrected chi connectivity index (χ3v) is 6.13. The van der Waals surface area contributed by atoms with Crippen LogP contribution in [0.2, 0.25) is 0 Å². The zero-order valence-corrected chi connectivity index (χ0v) is 17.9. The van der Waals surface area contributed by atoms with E-state index in [0.29, 0.717) is 0 Å². The van der Waals surface area contributed by atoms with Crippen molar-refractivity contribution in [2.45, 2.75) is 52.0 Å². The van der Waals surface area contributed by atoms with Crippen molar-refractivity contribution in [2.75, 3.05) is 16.8 Å². The molecule has 1 aliphatic heterocycles. The fraction of sp³-hybridized carbons (Fsp3) is 0.417. The van der Waals surface area contributed by atoms with Crippen molar-refractivity contribution in [2.24, 2.45) is 11.7 Å². The van der Waals surface area contributed by atoms with Crippen LogP contribution in [0.15, 0.2) is 42.5 Å². The second kappa shape index (κ2) is 7.54. The first kappa shape index (κ1) is 20.9. The Labute approximate surface area is 173 Å². The van der Waals surface area contributed by atoms with Gasteiger partial charge in [0.2, 0.25) is 11.8 Å². The van der Waals surface area contributed by atoms with E-state index in [9.17, 15) is 9.59 Å². The van der Waals surface area contributed by atoms with Gasteiger partial charge in [-0.3, -0.25) is 9.59 Å². The molecule has 29 heavy (non-hydrogen) atoms. The van der Waals surface area contributed by atoms with E-state index < -0.39 is 22.8 Å². The number of hydrogen-bond donors (Lipinski definition) is 2. The molecule has 0 spiro atoms. The Kier molecular flexibility index (Phi) is 5.44. The smallest absolute Gasteiger partial charge is 0.224 e. The van der Waals surface area contributed by atoms with E-state index in [1.807, 2.05) is 63.2 Å². The van der Waals surface area contributed by atoms with Crippen LogP contribution >= 0.6 is 0 Å². The number of nitrogens with zero attached hydrogens (tertiary/aromatic N) is 1. The van der Waals surface area contributed by atoms with E-state index in [2.05, 4.69) is 18.3 Å². The van der Waals surface area contributed by atoms with Crippen molar-refractivity contribution in [3.63, 3.8) is 0 Å². The van der Waals surface area contributed by atoms with Crippen molar-refractivity contribution < 1.29 is 9.59 Å². The molecule has 2 aromatic carbocycles. The van der Waals surface area contributed by atoms with Crippen LogP contribution in [0, 0.1) is 12.0 Å². The molecule has 0 fully saturated rings. The van der Waals surface area contributed by atoms with Crippen molar-refractivity contribution in [3.05, 3.63) is 59.7 Å². The molecule has 0 aromatic heterocycles. The third-order valence-electron chi connectivity index (χ3n) is 6.13. The summed E-state index contributed by atoms with van der Waals surface area (Å²) >= 11 is 0. The van der Waals surface area contributed by atoms with Gasteiger partial charge in [0.15, 0.2) is 0 Å². The summed E-state index contributed by atoms with van der Waals surface area (Å²) in [6, 6.07) is 17.1. The number of anilines is 2. The van der Waals surface area contributed by atoms with Gasteiger partial charge in [-0.05, 0) is 43.5 Å². The van der Waals surface area contributed by atoms with Crippen molar-refractivity contribution in [1.29, 1.82) is 0 Å². The molecule has 3 rings (SSSR count). The largest absolute Gasteiger partial charge is 0.384 e. The summed E-state index contributed by atoms with van der Waals surface area (Å²) in [7, 11) is 0. The lowest BCUT2D eigenvalue weighted by atomic mass is 9.57. The molecule has 0 saturated carbocycles. The molecule has 2 atom stereocenters. The van der Waals surface area contributed by atoms with Gasteiger partial charge in [-0.15, -0.1) is 0 Å². The Morgan fingerprint density at radius 3 is 2.41 bits per heavy atom. The van der Waals surface area contributed by atoms with Crippen molar-refractivity contribution in [1.82, 2.24) is 0 Å². The molecule has 0 saturated heterocycles. The van der Waals surface area contributed by atoms with Crippen molar-refractivity contribution in [3.8, 4) is 0 Å². The minimum Gasteiger partial charge on any atom is -0.384 e. The Morgan fingerprint density at radius 1 is 1.21 bits per heavy atom. The fourth-order valence-electron chi connectivity index (χ4n) is 5.06. The first-order valence-corrected chi connectivity index (χ1v) is 10.1. The molecule has 153 valence electrons. The van der Waals surface area contributed by atoms with E-state index in [0.717, 1.165) is 35.5 Å². The number of amides is 2. The number of fused-ring (bicyclic) bond motifs is 1. The van der Waals surface area contributed by atoms with Gasteiger partial charge in [-0.25, -0.2) is 0 Å². The number of carbonyl (C=O) groups is 2. The Hall–Kier alpha value is -2.82. The average Bonchev–Trinajstić information content (AvgIpc) is 2.65. The summed E-state index contributed by atoms with van der Waals surface area (Å²) in [5.41, 5.74) is 7.97. The fourth-order valence-corrected chi connectivity index (χ4v) is 5.06. The number of nitrogens with two attached hydrogens (primary N) is 1. The van der Waals surface area contributed by atoms with Gasteiger partial charge in [0.05, 0.1) is 17.1 Å². The highest BCUT2D eigenvalue weighted by atomic mass is 16.2. The topological polar surface area (TPSA) is 75.4 Å². The molecule has 5 heteroatoms. The van der Waals surface area contributed by atoms with Crippen molar-refractivity contribution >= 4 is 23.2 Å². The second-order valence-corrected chi connectivity index (χ2v) is 8.48. The lowest BCUT2D eigenvalue weighted by Crippen LogP contribution is -2.65. The van der Waals surface area contributed by atoms with Crippen LogP contribution in [0.1, 0.15) is 52.2 Å². The summed E-state index contributed by atoms with van der Waals surface area (Å²) in [6.07, 6.45) is 0.984. The average molecular weight is 393 g/mol. The van der Waals surface area contributed by atoms with E-state index >= 15 is 0 Å². The summed E-state index contributed by atoms with van der Waals surface area (Å²) in [6.45, 7) is 10.3. The maximum absolute atomic E-state index is 12.8. The molecule has 5 nitrogen and oxygen atoms in total. The maximum atomic E-state index is 12.8. The van der Waals surface area contributed by atoms with E-state index in [1.54, 1.807) is 4.90 Å². The molecule has 1 heterocycles. The molecular formula is C24H30N3O2. The van der Waals surface area contributed by atoms with Gasteiger partial charge in [-0.2, -0.15) is 0 Å². The molecule has 1 radical (unpaired) electrons. The molecule has 1 aliphatic rings. The molecule has 2 unspecified atom stereocenters. The van der Waals surface area contributed by atoms with E-state index in [1.165, 1.54) is 6.92 Å². The SMILES string of the molecule is CCCNc1[c]cc2c(c1)N(C(C)=O)C(C)(C)C(C(N)=O)C2(C)c1ccccc1. The summed E-state index contributed by atoms with van der Waals surface area (Å²) in [5.74, 6) is -1.16. The first-order valence-electron chi connectivity index (χ1n) is 10.1. The van der Waals surface area contributed by atoms with Gasteiger partial charge in [-0.1, -0.05) is 44.2 Å². The Bertz CT molecular complexity index is 923. The summed E-state index contributed by atoms with van der Waals surface area (Å²) in [4.78, 5) is 27.3. The summed E-state index contributed by atoms with van der Waals surface area (Å²) < 4.78 is 0. The van der Waals surface area contributed by atoms with Crippen LogP contribution in [0.4, 0.5) is 11.4 Å². The van der Waals surface area contributed by atoms with Gasteiger partial charge >= 0.3 is 0 Å². The molecule has 0 bridgehead atoms. The standard InChI is InChI=1S/C24H30N3O2/c1-6-14-26-18-12-13-19-20(15-18)27(16(2)28)23(3,4)21(22(25)29)24(19,5)17-10-8-7-9-11-17/h7-11,13,15,21,26H,6,14H2,1-5H3,(H2,25,29). The molecule has 2 amide bonds. The lowest BCUT2D eigenvalue weighted by molar-refractivity contribution is -0.127. The Balaban J connectivity index is 2.35. The van der Waals surface area contributed by atoms with Crippen LogP contribution in [0.3, 0.4) is 0 Å². The predicted molar refractivity (Wildman–Crippen MR) is 117 cm³/mol. The Morgan fingerprint density at radius 2 is 1.86 bits per heavy atom. The molecule has 2 aromatic rings. The van der Waals surface area contributed by atoms with Gasteiger partial charge in [0, 0.05) is 30.6 Å². The number of carbonyl (C=O) groups excluding carboxylic acids is 2. The highest BCUT2D eigenvalue weighted by Gasteiger charge is 2.57. The first-order chi connectivity index (χ1) is 13.7. The number of benzene rings is 2. The van der Waals surface area contributed by atoms with Gasteiger partial charge in [0.25, 0.3) is 0 Å². The van der Waals surface area contributed by atoms with Crippen LogP contribution < -0.4 is 16.0 Å². The number of nitrogens with one attached hydrogen (secondary N) is 1. The number of hydrogen-bond acceptors (Lipinski definition) is 3. The summed E-state index contributed by atoms with van der Waals surface area (Å²) in [5, 5.41) is 3.35. The number of rotatable bonds is 5. The monoisotopic (exact) mass is 392 g/mol. The highest BCUT2D eigenvalue weighted by Crippen LogP contribution is 2.54. The van der Waals surface area contributed by atoms with Crippen LogP contribution in [-0.4, -0.2) is 23.9 Å². The van der Waals surface area contributed by atoms with Gasteiger partial charge < -0.3 is 16.0 Å². The van der Waals surface area contributed by atoms with Crippen LogP contribution in [-0.2, 0) is 15.0 Å². The highest BCUT2D eigenvalue weighted by molar-refractivity contribution is 5.98. The third kappa shape index (κ3) is 3.28. The predicted octanol–water partition coefficient (Wildman–Crippen LogP) is 3.86. The normalized spacial score (nSPS) is 22.7. The van der Waals surface area contributed by atoms with Crippen LogP contribution in [0.25, 0.3) is 0 Å². The van der Waals surface area contributed by atoms with Crippen LogP contribution in [0.5, 0.6) is 0 Å². The molecule has 0 aliphatic carbocycles. The maximum Gasteiger partial charge on any atom is 0.224 e. The zero-order valence-electron chi connectivity index (χ0n) is 17.9. The molecular weight excluding hydrogens is 362 g/mol. The minimum atomic E-state index is -0.807. The van der Waals surface area contributed by atoms with E-state index in [4.69, 9.17) is 5.73 Å². The zero-order chi connectivity index (χ0) is 21.4. The van der Waals surface area contributed by atoms with Gasteiger partial charge in [0.1, 0.15) is 0 Å². The lowest BCUT2D eigenvalue weighted by Gasteiger charge is -2.55. The van der Waals surface area contributed by atoms with E-state index in [-0.39, 0.29) is 5.91 Å². The quantitative estimate of drug-likeness (QED) is 0.811.